The van der Waals surface area contributed by atoms with Crippen LogP contribution in [0.4, 0.5) is 15.8 Å². The Morgan fingerprint density at radius 2 is 1.90 bits per heavy atom. The van der Waals surface area contributed by atoms with Crippen molar-refractivity contribution in [1.82, 2.24) is 0 Å². The minimum absolute atomic E-state index is 0.213. The van der Waals surface area contributed by atoms with E-state index >= 15 is 0 Å². The summed E-state index contributed by atoms with van der Waals surface area (Å²) in [5.74, 6) is -0.234. The van der Waals surface area contributed by atoms with Crippen molar-refractivity contribution in [3.05, 3.63) is 52.8 Å². The molecular weight excluding hydrogens is 291 g/mol. The minimum Gasteiger partial charge on any atom is -0.491 e. The fraction of sp³-hybridized carbons (Fsp3) is 0.250. The Morgan fingerprint density at radius 3 is 2.52 bits per heavy atom. The van der Waals surface area contributed by atoms with Gasteiger partial charge in [0.1, 0.15) is 0 Å². The number of halogens is 2. The molecule has 2 aromatic rings. The zero-order chi connectivity index (χ0) is 15.4. The third-order valence-corrected chi connectivity index (χ3v) is 3.38. The molecule has 0 radical (unpaired) electrons. The number of ether oxygens (including phenoxy) is 1. The molecule has 0 atom stereocenters. The molecule has 2 N–H and O–H groups in total. The van der Waals surface area contributed by atoms with Crippen molar-refractivity contribution < 1.29 is 9.13 Å². The van der Waals surface area contributed by atoms with Crippen LogP contribution in [0.1, 0.15) is 12.5 Å². The largest absolute Gasteiger partial charge is 0.491 e. The van der Waals surface area contributed by atoms with Gasteiger partial charge < -0.3 is 15.4 Å². The minimum atomic E-state index is -0.446. The lowest BCUT2D eigenvalue weighted by Gasteiger charge is -2.22. The first-order valence-electron chi connectivity index (χ1n) is 6.68. The van der Waals surface area contributed by atoms with Gasteiger partial charge in [-0.05, 0) is 24.6 Å². The van der Waals surface area contributed by atoms with E-state index in [0.29, 0.717) is 23.9 Å². The molecule has 0 unspecified atom stereocenters. The summed E-state index contributed by atoms with van der Waals surface area (Å²) in [6.07, 6.45) is 0. The molecule has 0 saturated heterocycles. The lowest BCUT2D eigenvalue weighted by Crippen LogP contribution is -2.18. The standard InChI is InChI=1S/C16H18ClFN2O/c1-3-21-16-9-15(14(19)8-13(16)18)20(2)10-11-4-6-12(17)7-5-11/h4-9H,3,10,19H2,1-2H3. The Kier molecular flexibility index (Phi) is 4.91. The van der Waals surface area contributed by atoms with Gasteiger partial charge in [0.25, 0.3) is 0 Å². The Balaban J connectivity index is 2.23. The first kappa shape index (κ1) is 15.4. The summed E-state index contributed by atoms with van der Waals surface area (Å²) < 4.78 is 19.0. The molecule has 0 fully saturated rings. The number of anilines is 2. The van der Waals surface area contributed by atoms with Crippen LogP contribution in [0.3, 0.4) is 0 Å². The van der Waals surface area contributed by atoms with E-state index in [1.54, 1.807) is 6.07 Å². The van der Waals surface area contributed by atoms with Crippen molar-refractivity contribution in [1.29, 1.82) is 0 Å². The molecule has 0 aliphatic rings. The molecule has 3 nitrogen and oxygen atoms in total. The highest BCUT2D eigenvalue weighted by Gasteiger charge is 2.12. The Hall–Kier alpha value is -1.94. The molecule has 0 aromatic heterocycles. The Morgan fingerprint density at radius 1 is 1.24 bits per heavy atom. The number of benzene rings is 2. The summed E-state index contributed by atoms with van der Waals surface area (Å²) in [5.41, 5.74) is 8.11. The zero-order valence-corrected chi connectivity index (χ0v) is 12.8. The zero-order valence-electron chi connectivity index (χ0n) is 12.1. The second kappa shape index (κ2) is 6.68. The molecule has 0 spiro atoms. The van der Waals surface area contributed by atoms with Crippen molar-refractivity contribution in [3.63, 3.8) is 0 Å². The van der Waals surface area contributed by atoms with Crippen LogP contribution >= 0.6 is 11.6 Å². The second-order valence-corrected chi connectivity index (χ2v) is 5.19. The molecule has 0 bridgehead atoms. The number of rotatable bonds is 5. The smallest absolute Gasteiger partial charge is 0.167 e. The van der Waals surface area contributed by atoms with Crippen molar-refractivity contribution in [2.45, 2.75) is 13.5 Å². The summed E-state index contributed by atoms with van der Waals surface area (Å²) >= 11 is 5.87. The molecule has 5 heteroatoms. The van der Waals surface area contributed by atoms with Crippen LogP contribution in [0.15, 0.2) is 36.4 Å². The van der Waals surface area contributed by atoms with E-state index < -0.39 is 5.82 Å². The summed E-state index contributed by atoms with van der Waals surface area (Å²) in [6.45, 7) is 2.85. The van der Waals surface area contributed by atoms with Crippen LogP contribution in [0.5, 0.6) is 5.75 Å². The van der Waals surface area contributed by atoms with Gasteiger partial charge in [-0.2, -0.15) is 0 Å². The third kappa shape index (κ3) is 3.79. The lowest BCUT2D eigenvalue weighted by atomic mass is 10.2. The molecule has 0 heterocycles. The van der Waals surface area contributed by atoms with E-state index in [4.69, 9.17) is 22.1 Å². The number of nitrogen functional groups attached to an aromatic ring is 1. The molecule has 0 aliphatic carbocycles. The van der Waals surface area contributed by atoms with Crippen LogP contribution in [0.2, 0.25) is 5.02 Å². The van der Waals surface area contributed by atoms with Crippen molar-refractivity contribution >= 4 is 23.0 Å². The third-order valence-electron chi connectivity index (χ3n) is 3.13. The van der Waals surface area contributed by atoms with Crippen LogP contribution < -0.4 is 15.4 Å². The normalized spacial score (nSPS) is 10.5. The van der Waals surface area contributed by atoms with Crippen molar-refractivity contribution in [2.75, 3.05) is 24.3 Å². The van der Waals surface area contributed by atoms with Crippen molar-refractivity contribution in [2.24, 2.45) is 0 Å². The van der Waals surface area contributed by atoms with Gasteiger partial charge in [0.05, 0.1) is 18.0 Å². The highest BCUT2D eigenvalue weighted by atomic mass is 35.5. The predicted octanol–water partition coefficient (Wildman–Crippen LogP) is 4.10. The van der Waals surface area contributed by atoms with Gasteiger partial charge >= 0.3 is 0 Å². The molecule has 112 valence electrons. The van der Waals surface area contributed by atoms with Gasteiger partial charge in [-0.25, -0.2) is 4.39 Å². The molecule has 2 aromatic carbocycles. The van der Waals surface area contributed by atoms with Crippen LogP contribution in [-0.2, 0) is 6.54 Å². The van der Waals surface area contributed by atoms with E-state index in [0.717, 1.165) is 11.3 Å². The van der Waals surface area contributed by atoms with Crippen molar-refractivity contribution in [3.8, 4) is 5.75 Å². The van der Waals surface area contributed by atoms with Gasteiger partial charge in [-0.15, -0.1) is 0 Å². The van der Waals surface area contributed by atoms with E-state index in [9.17, 15) is 4.39 Å². The van der Waals surface area contributed by atoms with Crippen LogP contribution in [0.25, 0.3) is 0 Å². The average Bonchev–Trinajstić information content (AvgIpc) is 2.44. The predicted molar refractivity (Wildman–Crippen MR) is 85.5 cm³/mol. The van der Waals surface area contributed by atoms with Crippen LogP contribution in [0, 0.1) is 5.82 Å². The van der Waals surface area contributed by atoms with Gasteiger partial charge in [0.15, 0.2) is 11.6 Å². The maximum atomic E-state index is 13.7. The topological polar surface area (TPSA) is 38.5 Å². The van der Waals surface area contributed by atoms with E-state index in [1.165, 1.54) is 6.07 Å². The summed E-state index contributed by atoms with van der Waals surface area (Å²) in [4.78, 5) is 1.94. The second-order valence-electron chi connectivity index (χ2n) is 4.76. The Bertz CT molecular complexity index is 616. The number of nitrogens with two attached hydrogens (primary N) is 1. The van der Waals surface area contributed by atoms with Gasteiger partial charge in [-0.1, -0.05) is 23.7 Å². The van der Waals surface area contributed by atoms with Gasteiger partial charge in [0.2, 0.25) is 0 Å². The molecular formula is C16H18ClFN2O. The molecule has 0 amide bonds. The van der Waals surface area contributed by atoms with Gasteiger partial charge in [-0.3, -0.25) is 0 Å². The maximum absolute atomic E-state index is 13.7. The summed E-state index contributed by atoms with van der Waals surface area (Å²) in [6, 6.07) is 10.5. The maximum Gasteiger partial charge on any atom is 0.167 e. The summed E-state index contributed by atoms with van der Waals surface area (Å²) in [7, 11) is 1.90. The number of hydrogen-bond acceptors (Lipinski definition) is 3. The molecule has 0 aliphatic heterocycles. The quantitative estimate of drug-likeness (QED) is 0.845. The van der Waals surface area contributed by atoms with E-state index in [2.05, 4.69) is 0 Å². The van der Waals surface area contributed by atoms with Crippen LogP contribution in [-0.4, -0.2) is 13.7 Å². The highest BCUT2D eigenvalue weighted by Crippen LogP contribution is 2.31. The van der Waals surface area contributed by atoms with Gasteiger partial charge in [0, 0.05) is 30.7 Å². The SMILES string of the molecule is CCOc1cc(N(C)Cc2ccc(Cl)cc2)c(N)cc1F. The highest BCUT2D eigenvalue weighted by molar-refractivity contribution is 6.30. The molecule has 21 heavy (non-hydrogen) atoms. The van der Waals surface area contributed by atoms with E-state index in [-0.39, 0.29) is 5.75 Å². The fourth-order valence-corrected chi connectivity index (χ4v) is 2.23. The molecule has 0 saturated carbocycles. The average molecular weight is 309 g/mol. The Labute approximate surface area is 129 Å². The molecule has 2 rings (SSSR count). The fourth-order valence-electron chi connectivity index (χ4n) is 2.10. The lowest BCUT2D eigenvalue weighted by molar-refractivity contribution is 0.322. The number of hydrogen-bond donors (Lipinski definition) is 1. The first-order valence-corrected chi connectivity index (χ1v) is 7.06. The number of nitrogens with zero attached hydrogens (tertiary/aromatic N) is 1. The first-order chi connectivity index (χ1) is 10.0. The monoisotopic (exact) mass is 308 g/mol. The summed E-state index contributed by atoms with van der Waals surface area (Å²) in [5, 5.41) is 0.696. The van der Waals surface area contributed by atoms with E-state index in [1.807, 2.05) is 43.1 Å².